The van der Waals surface area contributed by atoms with E-state index in [4.69, 9.17) is 0 Å². The maximum atomic E-state index is 4.42. The van der Waals surface area contributed by atoms with Crippen LogP contribution in [0.5, 0.6) is 0 Å². The minimum absolute atomic E-state index is 0.0760. The highest BCUT2D eigenvalue weighted by molar-refractivity contribution is 9.10. The predicted molar refractivity (Wildman–Crippen MR) is 80.1 cm³/mol. The average molecular weight is 317 g/mol. The van der Waals surface area contributed by atoms with Gasteiger partial charge in [-0.25, -0.2) is 9.97 Å². The van der Waals surface area contributed by atoms with Crippen LogP contribution in [-0.4, -0.2) is 15.0 Å². The first-order valence-electron chi connectivity index (χ1n) is 6.05. The van der Waals surface area contributed by atoms with Gasteiger partial charge in [-0.1, -0.05) is 28.1 Å². The molecule has 0 bridgehead atoms. The van der Waals surface area contributed by atoms with Gasteiger partial charge in [0.05, 0.1) is 6.04 Å². The zero-order chi connectivity index (χ0) is 13.2. The standard InChI is InChI=1S/C14H13BrN4/c1-9(13-17-7-8-18-13)19-14-11-3-2-4-12(15)10(11)5-6-16-14/h2-9H,1H3,(H,16,19)(H,17,18). The molecule has 4 nitrogen and oxygen atoms in total. The minimum atomic E-state index is 0.0760. The Kier molecular flexibility index (Phi) is 3.21. The number of aromatic amines is 1. The average Bonchev–Trinajstić information content (AvgIpc) is 2.94. The number of anilines is 1. The number of H-pyrrole nitrogens is 1. The first-order valence-corrected chi connectivity index (χ1v) is 6.84. The number of benzene rings is 1. The predicted octanol–water partition coefficient (Wildman–Crippen LogP) is 3.89. The Balaban J connectivity index is 1.99. The van der Waals surface area contributed by atoms with Gasteiger partial charge in [0, 0.05) is 33.8 Å². The first kappa shape index (κ1) is 12.2. The molecule has 1 aromatic carbocycles. The van der Waals surface area contributed by atoms with Gasteiger partial charge in [0.25, 0.3) is 0 Å². The number of hydrogen-bond acceptors (Lipinski definition) is 3. The van der Waals surface area contributed by atoms with Crippen molar-refractivity contribution in [3.8, 4) is 0 Å². The molecular weight excluding hydrogens is 304 g/mol. The molecule has 5 heteroatoms. The van der Waals surface area contributed by atoms with Crippen molar-refractivity contribution in [2.75, 3.05) is 5.32 Å². The normalized spacial score (nSPS) is 12.5. The van der Waals surface area contributed by atoms with E-state index in [2.05, 4.69) is 49.2 Å². The second kappa shape index (κ2) is 5.01. The van der Waals surface area contributed by atoms with Gasteiger partial charge in [-0.2, -0.15) is 0 Å². The summed E-state index contributed by atoms with van der Waals surface area (Å²) in [5, 5.41) is 5.63. The van der Waals surface area contributed by atoms with E-state index in [1.54, 1.807) is 6.20 Å². The van der Waals surface area contributed by atoms with Crippen molar-refractivity contribution in [2.45, 2.75) is 13.0 Å². The van der Waals surface area contributed by atoms with E-state index in [-0.39, 0.29) is 6.04 Å². The van der Waals surface area contributed by atoms with Crippen LogP contribution in [0.4, 0.5) is 5.82 Å². The van der Waals surface area contributed by atoms with E-state index in [1.807, 2.05) is 30.6 Å². The lowest BCUT2D eigenvalue weighted by atomic mass is 10.1. The van der Waals surface area contributed by atoms with E-state index in [0.717, 1.165) is 26.9 Å². The molecule has 0 aliphatic rings. The third-order valence-corrected chi connectivity index (χ3v) is 3.73. The molecule has 3 rings (SSSR count). The van der Waals surface area contributed by atoms with Crippen LogP contribution in [0, 0.1) is 0 Å². The van der Waals surface area contributed by atoms with Gasteiger partial charge in [-0.3, -0.25) is 0 Å². The van der Waals surface area contributed by atoms with Crippen molar-refractivity contribution in [3.63, 3.8) is 0 Å². The molecule has 19 heavy (non-hydrogen) atoms. The molecule has 3 aromatic rings. The molecule has 0 amide bonds. The van der Waals surface area contributed by atoms with Crippen molar-refractivity contribution < 1.29 is 0 Å². The Bertz CT molecular complexity index is 694. The number of hydrogen-bond donors (Lipinski definition) is 2. The fourth-order valence-electron chi connectivity index (χ4n) is 2.07. The molecule has 0 saturated carbocycles. The van der Waals surface area contributed by atoms with Crippen molar-refractivity contribution in [1.29, 1.82) is 0 Å². The lowest BCUT2D eigenvalue weighted by Crippen LogP contribution is -2.09. The zero-order valence-electron chi connectivity index (χ0n) is 10.4. The summed E-state index contributed by atoms with van der Waals surface area (Å²) in [5.41, 5.74) is 0. The van der Waals surface area contributed by atoms with Crippen LogP contribution >= 0.6 is 15.9 Å². The van der Waals surface area contributed by atoms with E-state index in [9.17, 15) is 0 Å². The summed E-state index contributed by atoms with van der Waals surface area (Å²) < 4.78 is 1.07. The first-order chi connectivity index (χ1) is 9.25. The van der Waals surface area contributed by atoms with Gasteiger partial charge >= 0.3 is 0 Å². The van der Waals surface area contributed by atoms with Gasteiger partial charge < -0.3 is 10.3 Å². The molecular formula is C14H13BrN4. The largest absolute Gasteiger partial charge is 0.360 e. The SMILES string of the molecule is CC(Nc1nccc2c(Br)cccc12)c1ncc[nH]1. The fourth-order valence-corrected chi connectivity index (χ4v) is 2.57. The monoisotopic (exact) mass is 316 g/mol. The molecule has 1 atom stereocenters. The Morgan fingerprint density at radius 1 is 1.16 bits per heavy atom. The summed E-state index contributed by atoms with van der Waals surface area (Å²) in [7, 11) is 0. The number of halogens is 1. The molecule has 0 spiro atoms. The van der Waals surface area contributed by atoms with Crippen LogP contribution in [0.15, 0.2) is 47.3 Å². The highest BCUT2D eigenvalue weighted by Gasteiger charge is 2.10. The summed E-state index contributed by atoms with van der Waals surface area (Å²) in [6, 6.07) is 8.18. The van der Waals surface area contributed by atoms with E-state index in [1.165, 1.54) is 0 Å². The Morgan fingerprint density at radius 3 is 2.84 bits per heavy atom. The van der Waals surface area contributed by atoms with Crippen LogP contribution in [0.25, 0.3) is 10.8 Å². The molecule has 1 unspecified atom stereocenters. The molecule has 0 radical (unpaired) electrons. The van der Waals surface area contributed by atoms with E-state index < -0.39 is 0 Å². The highest BCUT2D eigenvalue weighted by Crippen LogP contribution is 2.29. The van der Waals surface area contributed by atoms with Crippen LogP contribution in [0.3, 0.4) is 0 Å². The second-order valence-electron chi connectivity index (χ2n) is 4.33. The summed E-state index contributed by atoms with van der Waals surface area (Å²) >= 11 is 3.56. The molecule has 0 aliphatic heterocycles. The minimum Gasteiger partial charge on any atom is -0.360 e. The molecule has 0 fully saturated rings. The van der Waals surface area contributed by atoms with Crippen molar-refractivity contribution >= 4 is 32.5 Å². The lowest BCUT2D eigenvalue weighted by Gasteiger charge is -2.14. The van der Waals surface area contributed by atoms with Gasteiger partial charge in [-0.15, -0.1) is 0 Å². The number of fused-ring (bicyclic) bond motifs is 1. The maximum absolute atomic E-state index is 4.42. The third kappa shape index (κ3) is 2.33. The second-order valence-corrected chi connectivity index (χ2v) is 5.19. The van der Waals surface area contributed by atoms with Crippen LogP contribution in [0.1, 0.15) is 18.8 Å². The number of pyridine rings is 1. The fraction of sp³-hybridized carbons (Fsp3) is 0.143. The summed E-state index contributed by atoms with van der Waals surface area (Å²) in [5.74, 6) is 1.76. The third-order valence-electron chi connectivity index (χ3n) is 3.04. The molecule has 0 aliphatic carbocycles. The van der Waals surface area contributed by atoms with Crippen LogP contribution in [0.2, 0.25) is 0 Å². The van der Waals surface area contributed by atoms with Gasteiger partial charge in [0.2, 0.25) is 0 Å². The molecule has 2 N–H and O–H groups in total. The zero-order valence-corrected chi connectivity index (χ0v) is 12.0. The molecule has 96 valence electrons. The smallest absolute Gasteiger partial charge is 0.134 e. The van der Waals surface area contributed by atoms with Crippen molar-refractivity contribution in [2.24, 2.45) is 0 Å². The summed E-state index contributed by atoms with van der Waals surface area (Å²) in [4.78, 5) is 11.8. The number of rotatable bonds is 3. The topological polar surface area (TPSA) is 53.6 Å². The van der Waals surface area contributed by atoms with E-state index in [0.29, 0.717) is 0 Å². The quantitative estimate of drug-likeness (QED) is 0.770. The molecule has 2 heterocycles. The Hall–Kier alpha value is -1.88. The van der Waals surface area contributed by atoms with Crippen molar-refractivity contribution in [3.05, 3.63) is 53.2 Å². The van der Waals surface area contributed by atoms with Gasteiger partial charge in [0.15, 0.2) is 0 Å². The number of aromatic nitrogens is 3. The van der Waals surface area contributed by atoms with Crippen LogP contribution < -0.4 is 5.32 Å². The van der Waals surface area contributed by atoms with Gasteiger partial charge in [0.1, 0.15) is 11.6 Å². The molecule has 2 aromatic heterocycles. The Morgan fingerprint density at radius 2 is 2.05 bits per heavy atom. The summed E-state index contributed by atoms with van der Waals surface area (Å²) in [6.07, 6.45) is 5.38. The van der Waals surface area contributed by atoms with Crippen LogP contribution in [-0.2, 0) is 0 Å². The number of nitrogens with one attached hydrogen (secondary N) is 2. The van der Waals surface area contributed by atoms with E-state index >= 15 is 0 Å². The number of imidazole rings is 1. The highest BCUT2D eigenvalue weighted by atomic mass is 79.9. The lowest BCUT2D eigenvalue weighted by molar-refractivity contribution is 0.806. The number of nitrogens with zero attached hydrogens (tertiary/aromatic N) is 2. The Labute approximate surface area is 119 Å². The van der Waals surface area contributed by atoms with Crippen molar-refractivity contribution in [1.82, 2.24) is 15.0 Å². The van der Waals surface area contributed by atoms with Gasteiger partial charge in [-0.05, 0) is 19.1 Å². The summed E-state index contributed by atoms with van der Waals surface area (Å²) in [6.45, 7) is 2.05. The maximum Gasteiger partial charge on any atom is 0.134 e. The molecule has 0 saturated heterocycles.